The van der Waals surface area contributed by atoms with E-state index in [1.54, 1.807) is 24.3 Å². The number of carbonyl (C=O) groups excluding carboxylic acids is 3. The first-order valence-electron chi connectivity index (χ1n) is 12.1. The molecule has 39 heavy (non-hydrogen) atoms. The number of nitrogens with one attached hydrogen (secondary N) is 1. The van der Waals surface area contributed by atoms with Crippen LogP contribution in [0.1, 0.15) is 29.2 Å². The minimum Gasteiger partial charge on any atom is -0.490 e. The first kappa shape index (κ1) is 28.2. The molecule has 1 N–H and O–H groups in total. The number of amides is 3. The summed E-state index contributed by atoms with van der Waals surface area (Å²) in [7, 11) is 0. The summed E-state index contributed by atoms with van der Waals surface area (Å²) in [4.78, 5) is 39.1. The Hall–Kier alpha value is -3.82. The van der Waals surface area contributed by atoms with Crippen LogP contribution in [0.25, 0.3) is 6.08 Å². The molecule has 1 saturated heterocycles. The molecule has 0 atom stereocenters. The third-order valence-corrected chi connectivity index (χ3v) is 7.10. The molecule has 0 saturated carbocycles. The summed E-state index contributed by atoms with van der Waals surface area (Å²) in [6, 6.07) is 14.9. The van der Waals surface area contributed by atoms with Crippen LogP contribution < -0.4 is 14.8 Å². The van der Waals surface area contributed by atoms with Crippen molar-refractivity contribution in [2.24, 2.45) is 0 Å². The van der Waals surface area contributed by atoms with Crippen LogP contribution >= 0.6 is 23.4 Å². The Kier molecular flexibility index (Phi) is 8.93. The van der Waals surface area contributed by atoms with Crippen LogP contribution in [-0.2, 0) is 16.1 Å². The van der Waals surface area contributed by atoms with Crippen molar-refractivity contribution in [3.8, 4) is 11.5 Å². The van der Waals surface area contributed by atoms with Crippen LogP contribution in [-0.4, -0.2) is 35.2 Å². The smallest absolute Gasteiger partial charge is 0.293 e. The summed E-state index contributed by atoms with van der Waals surface area (Å²) in [5, 5.41) is 2.46. The molecule has 0 bridgehead atoms. The van der Waals surface area contributed by atoms with Crippen molar-refractivity contribution < 1.29 is 28.2 Å². The van der Waals surface area contributed by atoms with Gasteiger partial charge in [-0.15, -0.1) is 0 Å². The quantitative estimate of drug-likeness (QED) is 0.287. The summed E-state index contributed by atoms with van der Waals surface area (Å²) < 4.78 is 25.6. The van der Waals surface area contributed by atoms with Gasteiger partial charge in [0.25, 0.3) is 17.1 Å². The molecule has 4 rings (SSSR count). The standard InChI is InChI=1S/C29H26ClFN2O5S/c1-4-37-25-13-19(10-11-24(25)38-16-27(34)32-23-12-17(2)8-9-18(23)3)14-26-28(35)33(29(36)39-26)15-20-21(30)6-5-7-22(20)31/h5-14H,4,15-16H2,1-3H3,(H,32,34)/b26-14-. The highest BCUT2D eigenvalue weighted by atomic mass is 35.5. The Morgan fingerprint density at radius 1 is 1.08 bits per heavy atom. The van der Waals surface area contributed by atoms with Gasteiger partial charge >= 0.3 is 0 Å². The van der Waals surface area contributed by atoms with Gasteiger partial charge in [0, 0.05) is 16.3 Å². The minimum atomic E-state index is -0.592. The van der Waals surface area contributed by atoms with E-state index in [9.17, 15) is 18.8 Å². The Balaban J connectivity index is 1.47. The molecule has 0 spiro atoms. The number of hydrogen-bond acceptors (Lipinski definition) is 6. The molecule has 0 radical (unpaired) electrons. The van der Waals surface area contributed by atoms with Gasteiger partial charge in [0.1, 0.15) is 5.82 Å². The molecule has 7 nitrogen and oxygen atoms in total. The van der Waals surface area contributed by atoms with E-state index in [2.05, 4.69) is 5.32 Å². The fraction of sp³-hybridized carbons (Fsp3) is 0.207. The van der Waals surface area contributed by atoms with Crippen molar-refractivity contribution >= 4 is 52.2 Å². The van der Waals surface area contributed by atoms with E-state index in [0.29, 0.717) is 23.7 Å². The Morgan fingerprint density at radius 3 is 2.62 bits per heavy atom. The van der Waals surface area contributed by atoms with Crippen molar-refractivity contribution in [2.45, 2.75) is 27.3 Å². The zero-order valence-electron chi connectivity index (χ0n) is 21.5. The van der Waals surface area contributed by atoms with Gasteiger partial charge in [0.15, 0.2) is 18.1 Å². The Bertz CT molecular complexity index is 1460. The Labute approximate surface area is 234 Å². The molecule has 3 aromatic carbocycles. The van der Waals surface area contributed by atoms with Crippen molar-refractivity contribution in [3.63, 3.8) is 0 Å². The monoisotopic (exact) mass is 568 g/mol. The lowest BCUT2D eigenvalue weighted by molar-refractivity contribution is -0.123. The lowest BCUT2D eigenvalue weighted by Crippen LogP contribution is -2.28. The third kappa shape index (κ3) is 6.79. The van der Waals surface area contributed by atoms with Gasteiger partial charge in [-0.2, -0.15) is 0 Å². The number of anilines is 1. The van der Waals surface area contributed by atoms with Crippen LogP contribution in [0, 0.1) is 19.7 Å². The number of hydrogen-bond donors (Lipinski definition) is 1. The predicted molar refractivity (Wildman–Crippen MR) is 151 cm³/mol. The largest absolute Gasteiger partial charge is 0.490 e. The highest BCUT2D eigenvalue weighted by molar-refractivity contribution is 8.18. The minimum absolute atomic E-state index is 0.0736. The molecule has 0 unspecified atom stereocenters. The fourth-order valence-electron chi connectivity index (χ4n) is 3.83. The second kappa shape index (κ2) is 12.4. The molecule has 3 aromatic rings. The van der Waals surface area contributed by atoms with Crippen LogP contribution in [0.2, 0.25) is 5.02 Å². The summed E-state index contributed by atoms with van der Waals surface area (Å²) in [5.74, 6) is -0.731. The molecule has 10 heteroatoms. The second-order valence-corrected chi connectivity index (χ2v) is 10.2. The van der Waals surface area contributed by atoms with E-state index in [4.69, 9.17) is 21.1 Å². The maximum absolute atomic E-state index is 14.2. The molecule has 1 heterocycles. The van der Waals surface area contributed by atoms with Gasteiger partial charge in [-0.05, 0) is 85.6 Å². The van der Waals surface area contributed by atoms with E-state index < -0.39 is 17.0 Å². The van der Waals surface area contributed by atoms with E-state index in [-0.39, 0.29) is 34.6 Å². The van der Waals surface area contributed by atoms with Crippen LogP contribution in [0.3, 0.4) is 0 Å². The van der Waals surface area contributed by atoms with Crippen molar-refractivity contribution in [1.82, 2.24) is 4.90 Å². The van der Waals surface area contributed by atoms with Gasteiger partial charge in [-0.25, -0.2) is 4.39 Å². The SMILES string of the molecule is CCOc1cc(/C=C2\SC(=O)N(Cc3c(F)cccc3Cl)C2=O)ccc1OCC(=O)Nc1cc(C)ccc1C. The summed E-state index contributed by atoms with van der Waals surface area (Å²) in [6.07, 6.45) is 1.55. The summed E-state index contributed by atoms with van der Waals surface area (Å²) >= 11 is 6.82. The molecule has 3 amide bonds. The molecule has 202 valence electrons. The number of thioether (sulfide) groups is 1. The Morgan fingerprint density at radius 2 is 1.87 bits per heavy atom. The number of imide groups is 1. The number of benzene rings is 3. The molecular formula is C29H26ClFN2O5S. The highest BCUT2D eigenvalue weighted by Crippen LogP contribution is 2.36. The van der Waals surface area contributed by atoms with Crippen LogP contribution in [0.5, 0.6) is 11.5 Å². The van der Waals surface area contributed by atoms with Gasteiger partial charge in [-0.1, -0.05) is 35.9 Å². The van der Waals surface area contributed by atoms with E-state index in [1.807, 2.05) is 39.0 Å². The van der Waals surface area contributed by atoms with Gasteiger partial charge in [0.2, 0.25) is 0 Å². The van der Waals surface area contributed by atoms with Gasteiger partial charge in [-0.3, -0.25) is 19.3 Å². The van der Waals surface area contributed by atoms with Crippen molar-refractivity contribution in [2.75, 3.05) is 18.5 Å². The predicted octanol–water partition coefficient (Wildman–Crippen LogP) is 6.75. The van der Waals surface area contributed by atoms with Crippen LogP contribution in [0.15, 0.2) is 59.5 Å². The average Bonchev–Trinajstić information content (AvgIpc) is 3.15. The lowest BCUT2D eigenvalue weighted by atomic mass is 10.1. The van der Waals surface area contributed by atoms with E-state index in [1.165, 1.54) is 18.2 Å². The van der Waals surface area contributed by atoms with E-state index >= 15 is 0 Å². The highest BCUT2D eigenvalue weighted by Gasteiger charge is 2.36. The molecule has 0 aliphatic carbocycles. The number of rotatable bonds is 9. The number of ether oxygens (including phenoxy) is 2. The van der Waals surface area contributed by atoms with Gasteiger partial charge < -0.3 is 14.8 Å². The molecule has 0 aromatic heterocycles. The molecule has 1 aliphatic rings. The average molecular weight is 569 g/mol. The zero-order valence-corrected chi connectivity index (χ0v) is 23.1. The normalized spacial score (nSPS) is 14.2. The first-order valence-corrected chi connectivity index (χ1v) is 13.3. The summed E-state index contributed by atoms with van der Waals surface area (Å²) in [6.45, 7) is 5.50. The maximum Gasteiger partial charge on any atom is 0.293 e. The number of halogens is 2. The molecule has 1 aliphatic heterocycles. The van der Waals surface area contributed by atoms with E-state index in [0.717, 1.165) is 33.5 Å². The van der Waals surface area contributed by atoms with Crippen molar-refractivity contribution in [1.29, 1.82) is 0 Å². The fourth-order valence-corrected chi connectivity index (χ4v) is 4.89. The number of aryl methyl sites for hydroxylation is 2. The maximum atomic E-state index is 14.2. The first-order chi connectivity index (χ1) is 18.7. The van der Waals surface area contributed by atoms with Crippen LogP contribution in [0.4, 0.5) is 14.9 Å². The van der Waals surface area contributed by atoms with Crippen molar-refractivity contribution in [3.05, 3.63) is 92.6 Å². The zero-order chi connectivity index (χ0) is 28.1. The number of carbonyl (C=O) groups is 3. The topological polar surface area (TPSA) is 84.9 Å². The summed E-state index contributed by atoms with van der Waals surface area (Å²) in [5.41, 5.74) is 3.34. The number of nitrogens with zero attached hydrogens (tertiary/aromatic N) is 1. The lowest BCUT2D eigenvalue weighted by Gasteiger charge is -2.14. The molecular weight excluding hydrogens is 543 g/mol. The molecule has 1 fully saturated rings. The third-order valence-electron chi connectivity index (χ3n) is 5.84. The van der Waals surface area contributed by atoms with Gasteiger partial charge in [0.05, 0.1) is 18.1 Å². The second-order valence-electron chi connectivity index (χ2n) is 8.76.